The monoisotopic (exact) mass is 271 g/mol. The zero-order valence-electron chi connectivity index (χ0n) is 12.1. The first kappa shape index (κ1) is 13.3. The van der Waals surface area contributed by atoms with E-state index in [1.165, 1.54) is 16.7 Å². The van der Waals surface area contributed by atoms with Crippen LogP contribution in [0, 0.1) is 6.92 Å². The number of rotatable bonds is 4. The Morgan fingerprint density at radius 2 is 2.20 bits per heavy atom. The van der Waals surface area contributed by atoms with E-state index in [1.807, 2.05) is 24.0 Å². The van der Waals surface area contributed by atoms with Crippen LogP contribution in [0.5, 0.6) is 0 Å². The summed E-state index contributed by atoms with van der Waals surface area (Å²) < 4.78 is 1.88. The van der Waals surface area contributed by atoms with Crippen LogP contribution in [-0.2, 0) is 25.6 Å². The molecule has 1 unspecified atom stereocenters. The molecule has 1 aromatic carbocycles. The summed E-state index contributed by atoms with van der Waals surface area (Å²) in [5.41, 5.74) is 4.63. The van der Waals surface area contributed by atoms with Crippen LogP contribution in [0.4, 0.5) is 0 Å². The highest BCUT2D eigenvalue weighted by Crippen LogP contribution is 2.36. The van der Waals surface area contributed by atoms with E-state index in [0.717, 1.165) is 25.1 Å². The van der Waals surface area contributed by atoms with Crippen LogP contribution in [-0.4, -0.2) is 21.5 Å². The van der Waals surface area contributed by atoms with Crippen molar-refractivity contribution in [2.75, 3.05) is 6.61 Å². The van der Waals surface area contributed by atoms with Crippen molar-refractivity contribution in [2.24, 2.45) is 7.05 Å². The van der Waals surface area contributed by atoms with Crippen molar-refractivity contribution in [3.8, 4) is 0 Å². The number of hydrogen-bond acceptors (Lipinski definition) is 3. The van der Waals surface area contributed by atoms with Gasteiger partial charge in [0, 0.05) is 24.8 Å². The fraction of sp³-hybridized carbons (Fsp3) is 0.438. The molecule has 0 spiro atoms. The van der Waals surface area contributed by atoms with E-state index in [9.17, 15) is 5.11 Å². The van der Waals surface area contributed by atoms with Crippen LogP contribution < -0.4 is 5.32 Å². The van der Waals surface area contributed by atoms with Crippen molar-refractivity contribution in [3.05, 3.63) is 52.8 Å². The Hall–Kier alpha value is -1.65. The number of aromatic nitrogens is 2. The molecule has 4 nitrogen and oxygen atoms in total. The van der Waals surface area contributed by atoms with Gasteiger partial charge in [0.2, 0.25) is 0 Å². The van der Waals surface area contributed by atoms with Crippen LogP contribution in [0.1, 0.15) is 28.8 Å². The van der Waals surface area contributed by atoms with Gasteiger partial charge in [-0.15, -0.1) is 0 Å². The quantitative estimate of drug-likeness (QED) is 0.889. The SMILES string of the molecule is Cc1c(CNC2(CO)CCc3ccccc32)cnn1C. The van der Waals surface area contributed by atoms with E-state index in [1.54, 1.807) is 0 Å². The van der Waals surface area contributed by atoms with Gasteiger partial charge >= 0.3 is 0 Å². The highest BCUT2D eigenvalue weighted by atomic mass is 16.3. The third-order valence-corrected chi connectivity index (χ3v) is 4.58. The average molecular weight is 271 g/mol. The number of nitrogens with one attached hydrogen (secondary N) is 1. The fourth-order valence-electron chi connectivity index (χ4n) is 3.07. The lowest BCUT2D eigenvalue weighted by atomic mass is 9.92. The smallest absolute Gasteiger partial charge is 0.0677 e. The van der Waals surface area contributed by atoms with Gasteiger partial charge in [0.15, 0.2) is 0 Å². The zero-order valence-corrected chi connectivity index (χ0v) is 12.1. The zero-order chi connectivity index (χ0) is 14.2. The van der Waals surface area contributed by atoms with Crippen molar-refractivity contribution in [1.29, 1.82) is 0 Å². The van der Waals surface area contributed by atoms with Crippen molar-refractivity contribution >= 4 is 0 Å². The summed E-state index contributed by atoms with van der Waals surface area (Å²) >= 11 is 0. The first-order valence-electron chi connectivity index (χ1n) is 7.08. The molecule has 4 heteroatoms. The normalized spacial score (nSPS) is 21.1. The van der Waals surface area contributed by atoms with Crippen molar-refractivity contribution in [1.82, 2.24) is 15.1 Å². The van der Waals surface area contributed by atoms with Gasteiger partial charge in [-0.3, -0.25) is 4.68 Å². The molecule has 2 N–H and O–H groups in total. The maximum absolute atomic E-state index is 9.93. The Morgan fingerprint density at radius 3 is 2.90 bits per heavy atom. The van der Waals surface area contributed by atoms with E-state index >= 15 is 0 Å². The number of fused-ring (bicyclic) bond motifs is 1. The first-order valence-corrected chi connectivity index (χ1v) is 7.08. The molecule has 0 radical (unpaired) electrons. The molecule has 0 aliphatic heterocycles. The van der Waals surface area contributed by atoms with Crippen molar-refractivity contribution in [3.63, 3.8) is 0 Å². The molecule has 20 heavy (non-hydrogen) atoms. The standard InChI is InChI=1S/C16H21N3O/c1-12-14(10-18-19(12)2)9-17-16(11-20)8-7-13-5-3-4-6-15(13)16/h3-6,10,17,20H,7-9,11H2,1-2H3. The molecule has 0 saturated carbocycles. The molecular weight excluding hydrogens is 250 g/mol. The van der Waals surface area contributed by atoms with Gasteiger partial charge in [-0.05, 0) is 30.9 Å². The summed E-state index contributed by atoms with van der Waals surface area (Å²) in [5, 5.41) is 17.8. The summed E-state index contributed by atoms with van der Waals surface area (Å²) in [6.45, 7) is 2.93. The Balaban J connectivity index is 1.83. The molecule has 3 rings (SSSR count). The van der Waals surface area contributed by atoms with Crippen molar-refractivity contribution in [2.45, 2.75) is 31.8 Å². The molecule has 1 aliphatic carbocycles. The van der Waals surface area contributed by atoms with Gasteiger partial charge in [0.05, 0.1) is 18.3 Å². The molecule has 1 atom stereocenters. The highest BCUT2D eigenvalue weighted by molar-refractivity contribution is 5.39. The number of aryl methyl sites for hydroxylation is 2. The molecule has 0 bridgehead atoms. The molecule has 0 amide bonds. The van der Waals surface area contributed by atoms with Gasteiger partial charge in [-0.1, -0.05) is 24.3 Å². The average Bonchev–Trinajstić information content (AvgIpc) is 3.00. The summed E-state index contributed by atoms with van der Waals surface area (Å²) in [6, 6.07) is 8.40. The largest absolute Gasteiger partial charge is 0.394 e. The predicted octanol–water partition coefficient (Wildman–Crippen LogP) is 1.65. The molecule has 2 aromatic rings. The number of benzene rings is 1. The number of hydrogen-bond donors (Lipinski definition) is 2. The minimum atomic E-state index is -0.307. The number of aliphatic hydroxyl groups excluding tert-OH is 1. The Labute approximate surface area is 119 Å². The van der Waals surface area contributed by atoms with Gasteiger partial charge in [0.1, 0.15) is 0 Å². The minimum Gasteiger partial charge on any atom is -0.394 e. The van der Waals surface area contributed by atoms with Gasteiger partial charge < -0.3 is 10.4 Å². The summed E-state index contributed by atoms with van der Waals surface area (Å²) in [6.07, 6.45) is 3.87. The predicted molar refractivity (Wildman–Crippen MR) is 78.3 cm³/mol. The lowest BCUT2D eigenvalue weighted by Crippen LogP contribution is -2.43. The van der Waals surface area contributed by atoms with E-state index < -0.39 is 0 Å². The molecule has 1 heterocycles. The maximum atomic E-state index is 9.93. The Bertz CT molecular complexity index is 620. The second-order valence-electron chi connectivity index (χ2n) is 5.63. The van der Waals surface area contributed by atoms with Crippen LogP contribution in [0.15, 0.2) is 30.5 Å². The van der Waals surface area contributed by atoms with Gasteiger partial charge in [-0.25, -0.2) is 0 Å². The van der Waals surface area contributed by atoms with Gasteiger partial charge in [0.25, 0.3) is 0 Å². The lowest BCUT2D eigenvalue weighted by molar-refractivity contribution is 0.158. The summed E-state index contributed by atoms with van der Waals surface area (Å²) in [4.78, 5) is 0. The molecule has 0 fully saturated rings. The second kappa shape index (κ2) is 5.04. The first-order chi connectivity index (χ1) is 9.66. The molecule has 106 valence electrons. The van der Waals surface area contributed by atoms with Crippen molar-refractivity contribution < 1.29 is 5.11 Å². The van der Waals surface area contributed by atoms with E-state index in [2.05, 4.69) is 35.5 Å². The fourth-order valence-corrected chi connectivity index (χ4v) is 3.07. The topological polar surface area (TPSA) is 50.1 Å². The van der Waals surface area contributed by atoms with Crippen LogP contribution in [0.25, 0.3) is 0 Å². The summed E-state index contributed by atoms with van der Waals surface area (Å²) in [7, 11) is 1.95. The second-order valence-corrected chi connectivity index (χ2v) is 5.63. The van der Waals surface area contributed by atoms with Crippen LogP contribution >= 0.6 is 0 Å². The molecule has 0 saturated heterocycles. The minimum absolute atomic E-state index is 0.128. The van der Waals surface area contributed by atoms with Crippen LogP contribution in [0.3, 0.4) is 0 Å². The van der Waals surface area contributed by atoms with Crippen LogP contribution in [0.2, 0.25) is 0 Å². The number of nitrogens with zero attached hydrogens (tertiary/aromatic N) is 2. The Kier molecular flexibility index (Phi) is 3.36. The van der Waals surface area contributed by atoms with Gasteiger partial charge in [-0.2, -0.15) is 5.10 Å². The summed E-state index contributed by atoms with van der Waals surface area (Å²) in [5.74, 6) is 0. The van der Waals surface area contributed by atoms with E-state index in [0.29, 0.717) is 0 Å². The third-order valence-electron chi connectivity index (χ3n) is 4.58. The highest BCUT2D eigenvalue weighted by Gasteiger charge is 2.37. The van der Waals surface area contributed by atoms with E-state index in [-0.39, 0.29) is 12.1 Å². The maximum Gasteiger partial charge on any atom is 0.0677 e. The molecular formula is C16H21N3O. The van der Waals surface area contributed by atoms with E-state index in [4.69, 9.17) is 0 Å². The Morgan fingerprint density at radius 1 is 1.40 bits per heavy atom. The number of aliphatic hydroxyl groups is 1. The third kappa shape index (κ3) is 2.05. The molecule has 1 aromatic heterocycles. The lowest BCUT2D eigenvalue weighted by Gasteiger charge is -2.30. The molecule has 1 aliphatic rings.